The molecule has 0 spiro atoms. The van der Waals surface area contributed by atoms with Crippen molar-refractivity contribution < 1.29 is 9.18 Å². The predicted molar refractivity (Wildman–Crippen MR) is 48.0 cm³/mol. The maximum absolute atomic E-state index is 13.1. The highest BCUT2D eigenvalue weighted by Gasteiger charge is 2.38. The summed E-state index contributed by atoms with van der Waals surface area (Å²) in [5, 5.41) is 0. The van der Waals surface area contributed by atoms with Gasteiger partial charge in [-0.2, -0.15) is 0 Å². The molecule has 0 saturated heterocycles. The molecule has 1 saturated carbocycles. The largest absolute Gasteiger partial charge is 0.303 e. The van der Waals surface area contributed by atoms with Gasteiger partial charge in [0, 0.05) is 5.92 Å². The Hall–Kier alpha value is -1.18. The van der Waals surface area contributed by atoms with E-state index >= 15 is 0 Å². The van der Waals surface area contributed by atoms with Gasteiger partial charge in [0.1, 0.15) is 12.1 Å². The van der Waals surface area contributed by atoms with Crippen LogP contribution in [0.25, 0.3) is 0 Å². The monoisotopic (exact) mass is 178 g/mol. The second-order valence-electron chi connectivity index (χ2n) is 3.65. The number of aldehydes is 1. The maximum Gasteiger partial charge on any atom is 0.126 e. The lowest BCUT2D eigenvalue weighted by molar-refractivity contribution is -0.108. The average Bonchev–Trinajstić information content (AvgIpc) is 2.88. The third kappa shape index (κ3) is 1.48. The third-order valence-corrected chi connectivity index (χ3v) is 2.64. The number of rotatable bonds is 2. The number of aryl methyl sites for hydroxylation is 1. The Morgan fingerprint density at radius 1 is 1.54 bits per heavy atom. The predicted octanol–water partition coefficient (Wildman–Crippen LogP) is 2.44. The Labute approximate surface area is 76.6 Å². The molecule has 2 rings (SSSR count). The molecule has 0 heterocycles. The molecule has 68 valence electrons. The minimum absolute atomic E-state index is 0.127. The standard InChI is InChI=1S/C11H11FO/c1-7-2-3-8(5-11(7)12)10-4-9(10)6-13/h2-3,5-6,9-10H,4H2,1H3. The average molecular weight is 178 g/mol. The van der Waals surface area contributed by atoms with Gasteiger partial charge in [0.15, 0.2) is 0 Å². The van der Waals surface area contributed by atoms with Crippen LogP contribution in [0.4, 0.5) is 4.39 Å². The highest BCUT2D eigenvalue weighted by Crippen LogP contribution is 2.46. The zero-order valence-electron chi connectivity index (χ0n) is 7.46. The van der Waals surface area contributed by atoms with E-state index in [1.807, 2.05) is 6.07 Å². The van der Waals surface area contributed by atoms with E-state index in [0.717, 1.165) is 18.3 Å². The van der Waals surface area contributed by atoms with Crippen molar-refractivity contribution in [3.05, 3.63) is 35.1 Å². The summed E-state index contributed by atoms with van der Waals surface area (Å²) in [5.41, 5.74) is 1.62. The lowest BCUT2D eigenvalue weighted by atomic mass is 10.1. The smallest absolute Gasteiger partial charge is 0.126 e. The van der Waals surface area contributed by atoms with Gasteiger partial charge in [0.05, 0.1) is 0 Å². The van der Waals surface area contributed by atoms with Gasteiger partial charge in [-0.15, -0.1) is 0 Å². The Balaban J connectivity index is 2.23. The number of halogens is 1. The Bertz CT molecular complexity index is 346. The molecule has 2 heteroatoms. The first-order chi connectivity index (χ1) is 6.22. The molecule has 0 aliphatic heterocycles. The fraction of sp³-hybridized carbons (Fsp3) is 0.364. The van der Waals surface area contributed by atoms with Crippen LogP contribution >= 0.6 is 0 Å². The van der Waals surface area contributed by atoms with Crippen LogP contribution in [0.2, 0.25) is 0 Å². The normalized spacial score (nSPS) is 25.7. The molecule has 0 amide bonds. The van der Waals surface area contributed by atoms with Crippen molar-refractivity contribution in [3.63, 3.8) is 0 Å². The van der Waals surface area contributed by atoms with Crippen molar-refractivity contribution in [1.82, 2.24) is 0 Å². The van der Waals surface area contributed by atoms with E-state index in [2.05, 4.69) is 0 Å². The third-order valence-electron chi connectivity index (χ3n) is 2.64. The van der Waals surface area contributed by atoms with Crippen molar-refractivity contribution in [1.29, 1.82) is 0 Å². The number of hydrogen-bond acceptors (Lipinski definition) is 1. The van der Waals surface area contributed by atoms with Gasteiger partial charge >= 0.3 is 0 Å². The summed E-state index contributed by atoms with van der Waals surface area (Å²) in [6.07, 6.45) is 1.84. The zero-order chi connectivity index (χ0) is 9.42. The van der Waals surface area contributed by atoms with Crippen LogP contribution in [0.3, 0.4) is 0 Å². The fourth-order valence-corrected chi connectivity index (χ4v) is 1.59. The van der Waals surface area contributed by atoms with Crippen LogP contribution in [0.1, 0.15) is 23.5 Å². The van der Waals surface area contributed by atoms with Gasteiger partial charge in [-0.3, -0.25) is 0 Å². The molecule has 0 N–H and O–H groups in total. The summed E-state index contributed by atoms with van der Waals surface area (Å²) in [7, 11) is 0. The summed E-state index contributed by atoms with van der Waals surface area (Å²) >= 11 is 0. The van der Waals surface area contributed by atoms with E-state index in [9.17, 15) is 9.18 Å². The van der Waals surface area contributed by atoms with E-state index in [4.69, 9.17) is 0 Å². The van der Waals surface area contributed by atoms with Crippen LogP contribution in [-0.2, 0) is 4.79 Å². The minimum Gasteiger partial charge on any atom is -0.303 e. The molecule has 13 heavy (non-hydrogen) atoms. The molecule has 1 nitrogen and oxygen atoms in total. The van der Waals surface area contributed by atoms with Crippen LogP contribution < -0.4 is 0 Å². The fourth-order valence-electron chi connectivity index (χ4n) is 1.59. The molecule has 1 aromatic rings. The molecule has 2 unspecified atom stereocenters. The van der Waals surface area contributed by atoms with Gasteiger partial charge in [-0.25, -0.2) is 4.39 Å². The summed E-state index contributed by atoms with van der Waals surface area (Å²) in [4.78, 5) is 10.4. The second-order valence-corrected chi connectivity index (χ2v) is 3.65. The maximum atomic E-state index is 13.1. The summed E-state index contributed by atoms with van der Waals surface area (Å²) in [5.74, 6) is 0.226. The van der Waals surface area contributed by atoms with Crippen LogP contribution in [0, 0.1) is 18.7 Å². The molecule has 1 aromatic carbocycles. The van der Waals surface area contributed by atoms with E-state index in [1.165, 1.54) is 0 Å². The minimum atomic E-state index is -0.172. The zero-order valence-corrected chi connectivity index (χ0v) is 7.46. The Morgan fingerprint density at radius 2 is 2.31 bits per heavy atom. The van der Waals surface area contributed by atoms with Crippen molar-refractivity contribution in [2.75, 3.05) is 0 Å². The van der Waals surface area contributed by atoms with Crippen LogP contribution in [0.5, 0.6) is 0 Å². The lowest BCUT2D eigenvalue weighted by Crippen LogP contribution is -1.88. The summed E-state index contributed by atoms with van der Waals surface area (Å²) in [6, 6.07) is 5.22. The van der Waals surface area contributed by atoms with Crippen molar-refractivity contribution in [2.45, 2.75) is 19.3 Å². The molecule has 1 fully saturated rings. The number of carbonyl (C=O) groups is 1. The first kappa shape index (κ1) is 8.42. The molecular formula is C11H11FO. The molecule has 0 radical (unpaired) electrons. The van der Waals surface area contributed by atoms with E-state index < -0.39 is 0 Å². The number of benzene rings is 1. The van der Waals surface area contributed by atoms with Gasteiger partial charge in [0.2, 0.25) is 0 Å². The highest BCUT2D eigenvalue weighted by molar-refractivity contribution is 5.61. The molecule has 0 aromatic heterocycles. The highest BCUT2D eigenvalue weighted by atomic mass is 19.1. The second kappa shape index (κ2) is 2.95. The summed E-state index contributed by atoms with van der Waals surface area (Å²) < 4.78 is 13.1. The Kier molecular flexibility index (Phi) is 1.91. The van der Waals surface area contributed by atoms with Gasteiger partial charge < -0.3 is 4.79 Å². The SMILES string of the molecule is Cc1ccc(C2CC2C=O)cc1F. The molecule has 2 atom stereocenters. The number of carbonyl (C=O) groups excluding carboxylic acids is 1. The number of hydrogen-bond donors (Lipinski definition) is 0. The quantitative estimate of drug-likeness (QED) is 0.636. The first-order valence-electron chi connectivity index (χ1n) is 4.43. The van der Waals surface area contributed by atoms with Crippen molar-refractivity contribution in [3.8, 4) is 0 Å². The molecular weight excluding hydrogens is 167 g/mol. The first-order valence-corrected chi connectivity index (χ1v) is 4.43. The van der Waals surface area contributed by atoms with Crippen LogP contribution in [-0.4, -0.2) is 6.29 Å². The van der Waals surface area contributed by atoms with Crippen molar-refractivity contribution in [2.24, 2.45) is 5.92 Å². The molecule has 0 bridgehead atoms. The molecule has 1 aliphatic rings. The molecule has 1 aliphatic carbocycles. The topological polar surface area (TPSA) is 17.1 Å². The summed E-state index contributed by atoms with van der Waals surface area (Å²) in [6.45, 7) is 1.74. The van der Waals surface area contributed by atoms with Crippen LogP contribution in [0.15, 0.2) is 18.2 Å². The Morgan fingerprint density at radius 3 is 2.85 bits per heavy atom. The lowest BCUT2D eigenvalue weighted by Gasteiger charge is -2.00. The van der Waals surface area contributed by atoms with E-state index in [1.54, 1.807) is 19.1 Å². The van der Waals surface area contributed by atoms with E-state index in [0.29, 0.717) is 5.56 Å². The van der Waals surface area contributed by atoms with E-state index in [-0.39, 0.29) is 17.7 Å². The van der Waals surface area contributed by atoms with Gasteiger partial charge in [-0.05, 0) is 36.5 Å². The van der Waals surface area contributed by atoms with Gasteiger partial charge in [0.25, 0.3) is 0 Å². The van der Waals surface area contributed by atoms with Gasteiger partial charge in [-0.1, -0.05) is 12.1 Å². The van der Waals surface area contributed by atoms with Crippen molar-refractivity contribution >= 4 is 6.29 Å².